The van der Waals surface area contributed by atoms with Gasteiger partial charge in [-0.1, -0.05) is 11.6 Å². The monoisotopic (exact) mass is 260 g/mol. The van der Waals surface area contributed by atoms with Gasteiger partial charge in [-0.25, -0.2) is 4.39 Å². The highest BCUT2D eigenvalue weighted by Gasteiger charge is 2.03. The molecule has 2 rings (SSSR count). The second kappa shape index (κ2) is 5.07. The Kier molecular flexibility index (Phi) is 3.50. The minimum absolute atomic E-state index is 0.0744. The Hall–Kier alpha value is -2.05. The zero-order valence-corrected chi connectivity index (χ0v) is 10.4. The van der Waals surface area contributed by atoms with E-state index in [0.717, 1.165) is 11.3 Å². The summed E-state index contributed by atoms with van der Waals surface area (Å²) in [5, 5.41) is 12.0. The molecule has 0 aromatic heterocycles. The molecule has 0 saturated heterocycles. The first-order chi connectivity index (χ1) is 8.60. The number of nitrogens with zero attached hydrogens (tertiary/aromatic N) is 1. The normalized spacial score (nSPS) is 9.89. The lowest BCUT2D eigenvalue weighted by Gasteiger charge is -2.08. The largest absolute Gasteiger partial charge is 0.355 e. The minimum Gasteiger partial charge on any atom is -0.355 e. The summed E-state index contributed by atoms with van der Waals surface area (Å²) in [7, 11) is 0. The lowest BCUT2D eigenvalue weighted by atomic mass is 10.1. The van der Waals surface area contributed by atoms with Gasteiger partial charge in [0.2, 0.25) is 0 Å². The van der Waals surface area contributed by atoms with Crippen LogP contribution in [-0.2, 0) is 0 Å². The van der Waals surface area contributed by atoms with Crippen molar-refractivity contribution in [1.29, 1.82) is 5.26 Å². The first-order valence-electron chi connectivity index (χ1n) is 5.33. The highest BCUT2D eigenvalue weighted by molar-refractivity contribution is 6.31. The standard InChI is InChI=1S/C14H10ClFN2/c1-9-6-11(3-2-10(9)8-17)18-12-4-5-14(16)13(15)7-12/h2-7,18H,1H3. The predicted octanol–water partition coefficient (Wildman–Crippen LogP) is 4.40. The Labute approximate surface area is 110 Å². The molecule has 0 saturated carbocycles. The Morgan fingerprint density at radius 3 is 2.44 bits per heavy atom. The first-order valence-corrected chi connectivity index (χ1v) is 5.71. The zero-order chi connectivity index (χ0) is 13.1. The summed E-state index contributed by atoms with van der Waals surface area (Å²) in [5.74, 6) is -0.446. The van der Waals surface area contributed by atoms with Crippen LogP contribution in [0.25, 0.3) is 0 Å². The van der Waals surface area contributed by atoms with Gasteiger partial charge < -0.3 is 5.32 Å². The quantitative estimate of drug-likeness (QED) is 0.869. The van der Waals surface area contributed by atoms with E-state index in [-0.39, 0.29) is 5.02 Å². The maximum absolute atomic E-state index is 13.0. The Bertz CT molecular complexity index is 632. The van der Waals surface area contributed by atoms with Crippen molar-refractivity contribution in [3.05, 3.63) is 58.4 Å². The zero-order valence-electron chi connectivity index (χ0n) is 9.67. The number of hydrogen-bond acceptors (Lipinski definition) is 2. The Morgan fingerprint density at radius 1 is 1.17 bits per heavy atom. The lowest BCUT2D eigenvalue weighted by molar-refractivity contribution is 0.628. The van der Waals surface area contributed by atoms with E-state index >= 15 is 0 Å². The maximum atomic E-state index is 13.0. The molecule has 2 aromatic rings. The van der Waals surface area contributed by atoms with Crippen LogP contribution in [-0.4, -0.2) is 0 Å². The number of anilines is 2. The van der Waals surface area contributed by atoms with E-state index < -0.39 is 5.82 Å². The van der Waals surface area contributed by atoms with Crippen molar-refractivity contribution in [2.45, 2.75) is 6.92 Å². The molecule has 90 valence electrons. The summed E-state index contributed by atoms with van der Waals surface area (Å²) >= 11 is 5.70. The Morgan fingerprint density at radius 2 is 1.83 bits per heavy atom. The molecule has 2 nitrogen and oxygen atoms in total. The van der Waals surface area contributed by atoms with Gasteiger partial charge in [-0.2, -0.15) is 5.26 Å². The van der Waals surface area contributed by atoms with Gasteiger partial charge in [0.15, 0.2) is 0 Å². The van der Waals surface area contributed by atoms with Crippen LogP contribution >= 0.6 is 11.6 Å². The SMILES string of the molecule is Cc1cc(Nc2ccc(F)c(Cl)c2)ccc1C#N. The lowest BCUT2D eigenvalue weighted by Crippen LogP contribution is -1.92. The van der Waals surface area contributed by atoms with E-state index in [1.54, 1.807) is 18.2 Å². The van der Waals surface area contributed by atoms with Crippen LogP contribution in [0.5, 0.6) is 0 Å². The third-order valence-electron chi connectivity index (χ3n) is 2.56. The van der Waals surface area contributed by atoms with Gasteiger partial charge in [0.05, 0.1) is 16.7 Å². The van der Waals surface area contributed by atoms with Crippen LogP contribution in [0, 0.1) is 24.1 Å². The molecule has 18 heavy (non-hydrogen) atoms. The van der Waals surface area contributed by atoms with E-state index in [9.17, 15) is 4.39 Å². The van der Waals surface area contributed by atoms with E-state index in [4.69, 9.17) is 16.9 Å². The molecule has 0 fully saturated rings. The van der Waals surface area contributed by atoms with Gasteiger partial charge in [0, 0.05) is 11.4 Å². The molecule has 2 aromatic carbocycles. The van der Waals surface area contributed by atoms with Crippen molar-refractivity contribution in [2.24, 2.45) is 0 Å². The van der Waals surface area contributed by atoms with E-state index in [0.29, 0.717) is 11.3 Å². The first kappa shape index (κ1) is 12.4. The van der Waals surface area contributed by atoms with Crippen molar-refractivity contribution in [1.82, 2.24) is 0 Å². The highest BCUT2D eigenvalue weighted by atomic mass is 35.5. The summed E-state index contributed by atoms with van der Waals surface area (Å²) in [4.78, 5) is 0. The minimum atomic E-state index is -0.446. The molecule has 0 radical (unpaired) electrons. The second-order valence-electron chi connectivity index (χ2n) is 3.90. The average molecular weight is 261 g/mol. The van der Waals surface area contributed by atoms with E-state index in [1.165, 1.54) is 12.1 Å². The van der Waals surface area contributed by atoms with E-state index in [2.05, 4.69) is 11.4 Å². The topological polar surface area (TPSA) is 35.8 Å². The molecule has 0 bridgehead atoms. The van der Waals surface area contributed by atoms with Gasteiger partial charge in [-0.3, -0.25) is 0 Å². The molecule has 0 unspecified atom stereocenters. The maximum Gasteiger partial charge on any atom is 0.141 e. The van der Waals surface area contributed by atoms with Gasteiger partial charge >= 0.3 is 0 Å². The van der Waals surface area contributed by atoms with Crippen LogP contribution in [0.2, 0.25) is 5.02 Å². The van der Waals surface area contributed by atoms with Gasteiger partial charge in [-0.05, 0) is 48.9 Å². The number of nitrogens with one attached hydrogen (secondary N) is 1. The predicted molar refractivity (Wildman–Crippen MR) is 70.6 cm³/mol. The van der Waals surface area contributed by atoms with Crippen LogP contribution < -0.4 is 5.32 Å². The third kappa shape index (κ3) is 2.61. The molecular formula is C14H10ClFN2. The molecule has 1 N–H and O–H groups in total. The fourth-order valence-corrected chi connectivity index (χ4v) is 1.79. The van der Waals surface area contributed by atoms with Crippen molar-refractivity contribution in [2.75, 3.05) is 5.32 Å². The fraction of sp³-hybridized carbons (Fsp3) is 0.0714. The summed E-state index contributed by atoms with van der Waals surface area (Å²) in [5.41, 5.74) is 3.05. The number of rotatable bonds is 2. The summed E-state index contributed by atoms with van der Waals surface area (Å²) < 4.78 is 13.0. The number of hydrogen-bond donors (Lipinski definition) is 1. The average Bonchev–Trinajstić information content (AvgIpc) is 2.34. The molecule has 4 heteroatoms. The van der Waals surface area contributed by atoms with Gasteiger partial charge in [-0.15, -0.1) is 0 Å². The van der Waals surface area contributed by atoms with Crippen LogP contribution in [0.4, 0.5) is 15.8 Å². The molecule has 0 heterocycles. The van der Waals surface area contributed by atoms with Crippen LogP contribution in [0.1, 0.15) is 11.1 Å². The smallest absolute Gasteiger partial charge is 0.141 e. The molecule has 0 aliphatic carbocycles. The van der Waals surface area contributed by atoms with Crippen molar-refractivity contribution < 1.29 is 4.39 Å². The molecule has 0 aliphatic heterocycles. The van der Waals surface area contributed by atoms with Crippen LogP contribution in [0.15, 0.2) is 36.4 Å². The summed E-state index contributed by atoms with van der Waals surface area (Å²) in [6.07, 6.45) is 0. The van der Waals surface area contributed by atoms with Crippen LogP contribution in [0.3, 0.4) is 0 Å². The van der Waals surface area contributed by atoms with Crippen molar-refractivity contribution >= 4 is 23.0 Å². The van der Waals surface area contributed by atoms with Crippen molar-refractivity contribution in [3.63, 3.8) is 0 Å². The highest BCUT2D eigenvalue weighted by Crippen LogP contribution is 2.23. The number of aryl methyl sites for hydroxylation is 1. The van der Waals surface area contributed by atoms with Crippen molar-refractivity contribution in [3.8, 4) is 6.07 Å². The Balaban J connectivity index is 2.26. The fourth-order valence-electron chi connectivity index (χ4n) is 1.61. The molecular weight excluding hydrogens is 251 g/mol. The molecule has 0 amide bonds. The number of halogens is 2. The second-order valence-corrected chi connectivity index (χ2v) is 4.30. The molecule has 0 atom stereocenters. The number of benzene rings is 2. The van der Waals surface area contributed by atoms with Gasteiger partial charge in [0.25, 0.3) is 0 Å². The summed E-state index contributed by atoms with van der Waals surface area (Å²) in [6.45, 7) is 1.86. The summed E-state index contributed by atoms with van der Waals surface area (Å²) in [6, 6.07) is 11.9. The van der Waals surface area contributed by atoms with E-state index in [1.807, 2.05) is 13.0 Å². The van der Waals surface area contributed by atoms with Gasteiger partial charge in [0.1, 0.15) is 5.82 Å². The third-order valence-corrected chi connectivity index (χ3v) is 2.84. The molecule has 0 spiro atoms. The number of nitriles is 1. The molecule has 0 aliphatic rings.